The van der Waals surface area contributed by atoms with Gasteiger partial charge in [0.15, 0.2) is 0 Å². The average molecular weight is 385 g/mol. The molecule has 8 heteroatoms. The van der Waals surface area contributed by atoms with Crippen LogP contribution < -0.4 is 5.32 Å². The molecule has 0 spiro atoms. The summed E-state index contributed by atoms with van der Waals surface area (Å²) in [4.78, 5) is 15.0. The monoisotopic (exact) mass is 384 g/mol. The molecule has 1 aliphatic rings. The minimum Gasteiger partial charge on any atom is -0.316 e. The van der Waals surface area contributed by atoms with Crippen LogP contribution in [0, 0.1) is 0 Å². The maximum atomic E-state index is 13.1. The highest BCUT2D eigenvalue weighted by atomic mass is 35.5. The number of nitrogens with zero attached hydrogens (tertiary/aromatic N) is 5. The van der Waals surface area contributed by atoms with Gasteiger partial charge in [0.05, 0.1) is 23.1 Å². The fourth-order valence-corrected chi connectivity index (χ4v) is 3.76. The minimum atomic E-state index is -0.128. The van der Waals surface area contributed by atoms with E-state index in [9.17, 15) is 4.79 Å². The zero-order chi connectivity index (χ0) is 18.8. The summed E-state index contributed by atoms with van der Waals surface area (Å²) in [5, 5.41) is 12.1. The van der Waals surface area contributed by atoms with E-state index >= 15 is 0 Å². The van der Waals surface area contributed by atoms with Crippen molar-refractivity contribution in [3.8, 4) is 5.69 Å². The normalized spacial score (nSPS) is 17.1. The first-order valence-corrected chi connectivity index (χ1v) is 9.36. The molecule has 2 aromatic heterocycles. The number of nitrogens with one attached hydrogen (secondary N) is 1. The molecular weight excluding hydrogens is 364 g/mol. The predicted molar refractivity (Wildman–Crippen MR) is 104 cm³/mol. The Labute approximate surface area is 162 Å². The quantitative estimate of drug-likeness (QED) is 0.741. The van der Waals surface area contributed by atoms with Crippen molar-refractivity contribution in [1.82, 2.24) is 24.5 Å². The van der Waals surface area contributed by atoms with Gasteiger partial charge in [-0.2, -0.15) is 10.2 Å². The Balaban J connectivity index is 1.61. The molecule has 1 N–H and O–H groups in total. The standard InChI is InChI=1S/C19H21ClN6O/c1-24-16(8-10-21-24)17-5-2-3-11-25(17)19(27)23-15-7-6-14(20)13-18(15)26-12-4-9-22-26/h4,6-10,12-13,17H,2-3,5,11H2,1H3,(H,23,27). The van der Waals surface area contributed by atoms with Crippen molar-refractivity contribution in [3.63, 3.8) is 0 Å². The average Bonchev–Trinajstić information content (AvgIpc) is 3.35. The van der Waals surface area contributed by atoms with Crippen molar-refractivity contribution in [3.05, 3.63) is 59.6 Å². The summed E-state index contributed by atoms with van der Waals surface area (Å²) in [5.74, 6) is 0. The summed E-state index contributed by atoms with van der Waals surface area (Å²) in [7, 11) is 1.91. The molecule has 140 valence electrons. The van der Waals surface area contributed by atoms with Crippen LogP contribution in [0.5, 0.6) is 0 Å². The number of rotatable bonds is 3. The lowest BCUT2D eigenvalue weighted by Crippen LogP contribution is -2.42. The van der Waals surface area contributed by atoms with Gasteiger partial charge >= 0.3 is 6.03 Å². The lowest BCUT2D eigenvalue weighted by molar-refractivity contribution is 0.159. The molecule has 1 fully saturated rings. The van der Waals surface area contributed by atoms with E-state index in [1.807, 2.05) is 35.0 Å². The smallest absolute Gasteiger partial charge is 0.316 e. The van der Waals surface area contributed by atoms with Gasteiger partial charge in [0, 0.05) is 37.2 Å². The van der Waals surface area contributed by atoms with Crippen molar-refractivity contribution < 1.29 is 4.79 Å². The van der Waals surface area contributed by atoms with Gasteiger partial charge in [0.25, 0.3) is 0 Å². The number of anilines is 1. The van der Waals surface area contributed by atoms with E-state index in [4.69, 9.17) is 11.6 Å². The van der Waals surface area contributed by atoms with Gasteiger partial charge in [-0.15, -0.1) is 0 Å². The van der Waals surface area contributed by atoms with Gasteiger partial charge in [-0.25, -0.2) is 9.48 Å². The summed E-state index contributed by atoms with van der Waals surface area (Å²) < 4.78 is 3.53. The van der Waals surface area contributed by atoms with Gasteiger partial charge in [-0.3, -0.25) is 4.68 Å². The molecule has 1 saturated heterocycles. The summed E-state index contributed by atoms with van der Waals surface area (Å²) >= 11 is 6.15. The predicted octanol–water partition coefficient (Wildman–Crippen LogP) is 4.02. The summed E-state index contributed by atoms with van der Waals surface area (Å²) in [6.07, 6.45) is 8.30. The number of benzene rings is 1. The zero-order valence-corrected chi connectivity index (χ0v) is 15.8. The van der Waals surface area contributed by atoms with Crippen LogP contribution in [-0.2, 0) is 7.05 Å². The number of carbonyl (C=O) groups excluding carboxylic acids is 1. The van der Waals surface area contributed by atoms with Gasteiger partial charge in [-0.05, 0) is 49.6 Å². The molecule has 0 saturated carbocycles. The number of hydrogen-bond donors (Lipinski definition) is 1. The second-order valence-corrected chi connectivity index (χ2v) is 7.06. The van der Waals surface area contributed by atoms with E-state index in [-0.39, 0.29) is 12.1 Å². The van der Waals surface area contributed by atoms with Crippen molar-refractivity contribution in [2.24, 2.45) is 7.05 Å². The van der Waals surface area contributed by atoms with E-state index in [0.717, 1.165) is 30.6 Å². The third-order valence-electron chi connectivity index (χ3n) is 4.92. The Morgan fingerprint density at radius 1 is 1.22 bits per heavy atom. The van der Waals surface area contributed by atoms with Crippen LogP contribution in [0.15, 0.2) is 48.9 Å². The SMILES string of the molecule is Cn1nccc1C1CCCCN1C(=O)Nc1ccc(Cl)cc1-n1cccn1. The number of carbonyl (C=O) groups is 1. The molecule has 2 amide bonds. The van der Waals surface area contributed by atoms with Crippen LogP contribution in [0.1, 0.15) is 31.0 Å². The number of hydrogen-bond acceptors (Lipinski definition) is 3. The molecule has 3 heterocycles. The Bertz CT molecular complexity index is 936. The minimum absolute atomic E-state index is 0.0201. The Kier molecular flexibility index (Phi) is 4.85. The van der Waals surface area contributed by atoms with Crippen molar-refractivity contribution in [2.45, 2.75) is 25.3 Å². The highest BCUT2D eigenvalue weighted by Gasteiger charge is 2.30. The topological polar surface area (TPSA) is 68.0 Å². The maximum Gasteiger partial charge on any atom is 0.322 e. The van der Waals surface area contributed by atoms with Gasteiger partial charge in [0.2, 0.25) is 0 Å². The van der Waals surface area contributed by atoms with Gasteiger partial charge in [-0.1, -0.05) is 11.6 Å². The second kappa shape index (κ2) is 7.44. The van der Waals surface area contributed by atoms with Crippen molar-refractivity contribution in [1.29, 1.82) is 0 Å². The van der Waals surface area contributed by atoms with Crippen LogP contribution in [-0.4, -0.2) is 37.0 Å². The van der Waals surface area contributed by atoms with E-state index in [2.05, 4.69) is 15.5 Å². The second-order valence-electron chi connectivity index (χ2n) is 6.63. The van der Waals surface area contributed by atoms with E-state index in [1.165, 1.54) is 0 Å². The highest BCUT2D eigenvalue weighted by Crippen LogP contribution is 2.32. The Morgan fingerprint density at radius 2 is 2.11 bits per heavy atom. The molecule has 4 rings (SSSR count). The first-order chi connectivity index (χ1) is 13.1. The number of aryl methyl sites for hydroxylation is 1. The van der Waals surface area contributed by atoms with E-state index in [0.29, 0.717) is 17.3 Å². The fraction of sp³-hybridized carbons (Fsp3) is 0.316. The third-order valence-corrected chi connectivity index (χ3v) is 5.15. The lowest BCUT2D eigenvalue weighted by Gasteiger charge is -2.35. The van der Waals surface area contributed by atoms with E-state index < -0.39 is 0 Å². The molecule has 0 bridgehead atoms. The molecule has 3 aromatic rings. The molecule has 0 aliphatic carbocycles. The van der Waals surface area contributed by atoms with Crippen LogP contribution in [0.25, 0.3) is 5.69 Å². The first kappa shape index (κ1) is 17.6. The number of halogens is 1. The molecule has 1 unspecified atom stereocenters. The van der Waals surface area contributed by atoms with Gasteiger partial charge in [0.1, 0.15) is 0 Å². The van der Waals surface area contributed by atoms with Crippen LogP contribution >= 0.6 is 11.6 Å². The van der Waals surface area contributed by atoms with E-state index in [1.54, 1.807) is 35.3 Å². The Morgan fingerprint density at radius 3 is 2.85 bits per heavy atom. The summed E-state index contributed by atoms with van der Waals surface area (Å²) in [5.41, 5.74) is 2.45. The van der Waals surface area contributed by atoms with Crippen LogP contribution in [0.3, 0.4) is 0 Å². The van der Waals surface area contributed by atoms with Crippen molar-refractivity contribution >= 4 is 23.3 Å². The molecular formula is C19H21ClN6O. The number of amides is 2. The lowest BCUT2D eigenvalue weighted by atomic mass is 9.99. The van der Waals surface area contributed by atoms with Gasteiger partial charge < -0.3 is 10.2 Å². The largest absolute Gasteiger partial charge is 0.322 e. The van der Waals surface area contributed by atoms with Crippen LogP contribution in [0.2, 0.25) is 5.02 Å². The molecule has 1 atom stereocenters. The van der Waals surface area contributed by atoms with Crippen molar-refractivity contribution in [2.75, 3.05) is 11.9 Å². The van der Waals surface area contributed by atoms with Crippen LogP contribution in [0.4, 0.5) is 10.5 Å². The molecule has 7 nitrogen and oxygen atoms in total. The summed E-state index contributed by atoms with van der Waals surface area (Å²) in [6, 6.07) is 9.06. The maximum absolute atomic E-state index is 13.1. The molecule has 1 aromatic carbocycles. The number of piperidine rings is 1. The molecule has 0 radical (unpaired) electrons. The zero-order valence-electron chi connectivity index (χ0n) is 15.0. The molecule has 1 aliphatic heterocycles. The number of urea groups is 1. The highest BCUT2D eigenvalue weighted by molar-refractivity contribution is 6.30. The number of likely N-dealkylation sites (tertiary alicyclic amines) is 1. The fourth-order valence-electron chi connectivity index (χ4n) is 3.59. The first-order valence-electron chi connectivity index (χ1n) is 8.98. The third kappa shape index (κ3) is 3.55. The summed E-state index contributed by atoms with van der Waals surface area (Å²) in [6.45, 7) is 0.715. The number of aromatic nitrogens is 4. The Hall–Kier alpha value is -2.80. The molecule has 27 heavy (non-hydrogen) atoms.